The molecule has 0 saturated heterocycles. The largest absolute Gasteiger partial charge is 0.353 e. The molecule has 4 nitrogen and oxygen atoms in total. The van der Waals surface area contributed by atoms with Crippen LogP contribution in [-0.2, 0) is 9.84 Å². The van der Waals surface area contributed by atoms with E-state index >= 15 is 0 Å². The van der Waals surface area contributed by atoms with Gasteiger partial charge in [-0.15, -0.1) is 0 Å². The summed E-state index contributed by atoms with van der Waals surface area (Å²) in [6, 6.07) is 18.6. The molecule has 0 aromatic heterocycles. The van der Waals surface area contributed by atoms with Crippen molar-refractivity contribution < 1.29 is 8.42 Å². The fraction of sp³-hybridized carbons (Fsp3) is 0.160. The normalized spacial score (nSPS) is 16.0. The van der Waals surface area contributed by atoms with Crippen LogP contribution in [0.2, 0.25) is 0 Å². The molecule has 5 heteroatoms. The molecular weight excluding hydrogens is 392 g/mol. The summed E-state index contributed by atoms with van der Waals surface area (Å²) in [4.78, 5) is 5.22. The SMILES string of the molecule is Cc1cc(C)c(N=C2C(=CS(=O)(=O)c3ccccc3)Nc3ccc(C)cc32)c(C)c1. The molecule has 0 aliphatic carbocycles. The first kappa shape index (κ1) is 20.1. The number of hydrogen-bond donors (Lipinski definition) is 1. The number of anilines is 1. The molecule has 3 aromatic carbocycles. The van der Waals surface area contributed by atoms with Crippen molar-refractivity contribution in [2.45, 2.75) is 32.6 Å². The minimum atomic E-state index is -3.63. The van der Waals surface area contributed by atoms with Crippen LogP contribution in [0.25, 0.3) is 0 Å². The first-order chi connectivity index (χ1) is 14.2. The van der Waals surface area contributed by atoms with Gasteiger partial charge in [0, 0.05) is 11.3 Å². The molecule has 0 unspecified atom stereocenters. The second-order valence-electron chi connectivity index (χ2n) is 7.77. The zero-order valence-corrected chi connectivity index (χ0v) is 18.3. The van der Waals surface area contributed by atoms with Crippen LogP contribution < -0.4 is 5.32 Å². The quantitative estimate of drug-likeness (QED) is 0.589. The minimum absolute atomic E-state index is 0.258. The fourth-order valence-corrected chi connectivity index (χ4v) is 4.97. The van der Waals surface area contributed by atoms with Gasteiger partial charge >= 0.3 is 0 Å². The molecule has 1 heterocycles. The van der Waals surface area contributed by atoms with Crippen molar-refractivity contribution >= 4 is 26.9 Å². The Morgan fingerprint density at radius 2 is 1.50 bits per heavy atom. The summed E-state index contributed by atoms with van der Waals surface area (Å²) in [7, 11) is -3.63. The summed E-state index contributed by atoms with van der Waals surface area (Å²) in [5.74, 6) is 0. The second kappa shape index (κ2) is 7.58. The van der Waals surface area contributed by atoms with Crippen molar-refractivity contribution in [3.05, 3.63) is 99.6 Å². The van der Waals surface area contributed by atoms with E-state index in [2.05, 4.69) is 24.4 Å². The number of allylic oxidation sites excluding steroid dienone is 1. The summed E-state index contributed by atoms with van der Waals surface area (Å²) in [6.45, 7) is 8.14. The third kappa shape index (κ3) is 3.81. The van der Waals surface area contributed by atoms with Gasteiger partial charge in [0.15, 0.2) is 0 Å². The monoisotopic (exact) mass is 416 g/mol. The third-order valence-corrected chi connectivity index (χ3v) is 6.63. The van der Waals surface area contributed by atoms with Crippen LogP contribution in [0.5, 0.6) is 0 Å². The van der Waals surface area contributed by atoms with Gasteiger partial charge in [-0.3, -0.25) is 0 Å². The van der Waals surface area contributed by atoms with Crippen molar-refractivity contribution in [1.29, 1.82) is 0 Å². The Balaban J connectivity index is 1.92. The highest BCUT2D eigenvalue weighted by molar-refractivity contribution is 7.94. The van der Waals surface area contributed by atoms with Gasteiger partial charge in [0.2, 0.25) is 9.84 Å². The van der Waals surface area contributed by atoms with E-state index in [-0.39, 0.29) is 4.90 Å². The smallest absolute Gasteiger partial charge is 0.201 e. The molecule has 0 amide bonds. The molecule has 0 spiro atoms. The maximum Gasteiger partial charge on any atom is 0.201 e. The molecule has 0 radical (unpaired) electrons. The Morgan fingerprint density at radius 1 is 0.833 bits per heavy atom. The van der Waals surface area contributed by atoms with Gasteiger partial charge in [-0.05, 0) is 63.1 Å². The van der Waals surface area contributed by atoms with Gasteiger partial charge in [-0.25, -0.2) is 13.4 Å². The van der Waals surface area contributed by atoms with Crippen molar-refractivity contribution in [1.82, 2.24) is 0 Å². The lowest BCUT2D eigenvalue weighted by molar-refractivity contribution is 0.604. The van der Waals surface area contributed by atoms with Crippen LogP contribution >= 0.6 is 0 Å². The van der Waals surface area contributed by atoms with Crippen LogP contribution in [0.3, 0.4) is 0 Å². The number of benzene rings is 3. The lowest BCUT2D eigenvalue weighted by Crippen LogP contribution is -2.07. The number of aliphatic imine (C=N–C) groups is 1. The topological polar surface area (TPSA) is 58.5 Å². The Kier molecular flexibility index (Phi) is 5.08. The van der Waals surface area contributed by atoms with Crippen molar-refractivity contribution in [3.8, 4) is 0 Å². The Hall–Kier alpha value is -3.18. The van der Waals surface area contributed by atoms with E-state index < -0.39 is 9.84 Å². The first-order valence-corrected chi connectivity index (χ1v) is 11.4. The van der Waals surface area contributed by atoms with Crippen molar-refractivity contribution in [2.24, 2.45) is 4.99 Å². The van der Waals surface area contributed by atoms with E-state index in [1.165, 1.54) is 11.0 Å². The maximum atomic E-state index is 13.0. The maximum absolute atomic E-state index is 13.0. The second-order valence-corrected chi connectivity index (χ2v) is 9.57. The summed E-state index contributed by atoms with van der Waals surface area (Å²) >= 11 is 0. The number of sulfone groups is 1. The van der Waals surface area contributed by atoms with E-state index in [0.29, 0.717) is 11.4 Å². The zero-order valence-electron chi connectivity index (χ0n) is 17.5. The van der Waals surface area contributed by atoms with Crippen LogP contribution in [-0.4, -0.2) is 14.1 Å². The van der Waals surface area contributed by atoms with Crippen molar-refractivity contribution in [2.75, 3.05) is 5.32 Å². The number of rotatable bonds is 3. The van der Waals surface area contributed by atoms with E-state index in [4.69, 9.17) is 4.99 Å². The summed E-state index contributed by atoms with van der Waals surface area (Å²) < 4.78 is 26.0. The molecule has 30 heavy (non-hydrogen) atoms. The van der Waals surface area contributed by atoms with Gasteiger partial charge in [0.1, 0.15) is 0 Å². The highest BCUT2D eigenvalue weighted by atomic mass is 32.2. The van der Waals surface area contributed by atoms with E-state index in [0.717, 1.165) is 33.6 Å². The predicted octanol–water partition coefficient (Wildman–Crippen LogP) is 5.78. The van der Waals surface area contributed by atoms with E-state index in [1.54, 1.807) is 30.3 Å². The summed E-state index contributed by atoms with van der Waals surface area (Å²) in [5.41, 5.74) is 8.15. The van der Waals surface area contributed by atoms with Gasteiger partial charge in [0.25, 0.3) is 0 Å². The van der Waals surface area contributed by atoms with Gasteiger partial charge in [-0.2, -0.15) is 0 Å². The highest BCUT2D eigenvalue weighted by Crippen LogP contribution is 2.34. The fourth-order valence-electron chi connectivity index (χ4n) is 3.81. The Labute approximate surface area is 177 Å². The van der Waals surface area contributed by atoms with Gasteiger partial charge < -0.3 is 5.32 Å². The Morgan fingerprint density at radius 3 is 2.17 bits per heavy atom. The molecule has 4 rings (SSSR count). The molecule has 1 N–H and O–H groups in total. The molecule has 0 saturated carbocycles. The molecule has 0 bridgehead atoms. The molecule has 152 valence electrons. The molecular formula is C25H24N2O2S. The molecule has 0 atom stereocenters. The number of hydrogen-bond acceptors (Lipinski definition) is 4. The molecule has 3 aromatic rings. The van der Waals surface area contributed by atoms with Crippen LogP contribution in [0.1, 0.15) is 27.8 Å². The number of fused-ring (bicyclic) bond motifs is 1. The lowest BCUT2D eigenvalue weighted by atomic mass is 10.0. The number of aryl methyl sites for hydroxylation is 4. The third-order valence-electron chi connectivity index (χ3n) is 5.16. The van der Waals surface area contributed by atoms with E-state index in [1.807, 2.05) is 39.0 Å². The van der Waals surface area contributed by atoms with Gasteiger partial charge in [0.05, 0.1) is 27.4 Å². The average molecular weight is 417 g/mol. The number of nitrogens with zero attached hydrogens (tertiary/aromatic N) is 1. The van der Waals surface area contributed by atoms with E-state index in [9.17, 15) is 8.42 Å². The average Bonchev–Trinajstić information content (AvgIpc) is 3.01. The van der Waals surface area contributed by atoms with Gasteiger partial charge in [-0.1, -0.05) is 47.5 Å². The highest BCUT2D eigenvalue weighted by Gasteiger charge is 2.26. The molecule has 0 fully saturated rings. The zero-order chi connectivity index (χ0) is 21.5. The van der Waals surface area contributed by atoms with Crippen LogP contribution in [0.4, 0.5) is 11.4 Å². The van der Waals surface area contributed by atoms with Crippen molar-refractivity contribution in [3.63, 3.8) is 0 Å². The Bertz CT molecular complexity index is 1280. The lowest BCUT2D eigenvalue weighted by Gasteiger charge is -2.09. The minimum Gasteiger partial charge on any atom is -0.353 e. The summed E-state index contributed by atoms with van der Waals surface area (Å²) in [5, 5.41) is 4.55. The number of nitrogens with one attached hydrogen (secondary N) is 1. The standard InChI is InChI=1S/C25H24N2O2S/c1-16-10-11-22-21(14-16)25(27-24-18(3)12-17(2)13-19(24)4)23(26-22)15-30(28,29)20-8-6-5-7-9-20/h5-15,26H,1-4H3. The summed E-state index contributed by atoms with van der Waals surface area (Å²) in [6.07, 6.45) is 0. The molecule has 1 aliphatic heterocycles. The first-order valence-electron chi connectivity index (χ1n) is 9.81. The molecule has 1 aliphatic rings. The predicted molar refractivity (Wildman–Crippen MR) is 123 cm³/mol. The van der Waals surface area contributed by atoms with Crippen LogP contribution in [0.15, 0.2) is 81.7 Å². The van der Waals surface area contributed by atoms with Crippen LogP contribution in [0, 0.1) is 27.7 Å².